The predicted molar refractivity (Wildman–Crippen MR) is 97.2 cm³/mol. The molecule has 0 bridgehead atoms. The standard InChI is InChI=1S/C20H30ClNO/c1-19(2)14-18(10-13-23-19)22-12-11-20(3,15-4-5-15)16-6-8-17(21)9-7-16/h6-9,15,18,22H,4-5,10-14H2,1-3H3/t18-,20+/m1/s1. The van der Waals surface area contributed by atoms with Gasteiger partial charge in [-0.25, -0.2) is 0 Å². The first-order valence-corrected chi connectivity index (χ1v) is 9.40. The fourth-order valence-electron chi connectivity index (χ4n) is 4.08. The third-order valence-corrected chi connectivity index (χ3v) is 6.01. The quantitative estimate of drug-likeness (QED) is 0.794. The number of hydrogen-bond donors (Lipinski definition) is 1. The summed E-state index contributed by atoms with van der Waals surface area (Å²) in [5, 5.41) is 4.62. The van der Waals surface area contributed by atoms with Crippen LogP contribution in [0.3, 0.4) is 0 Å². The van der Waals surface area contributed by atoms with Crippen molar-refractivity contribution in [2.45, 2.75) is 69.9 Å². The van der Waals surface area contributed by atoms with Crippen LogP contribution < -0.4 is 5.32 Å². The van der Waals surface area contributed by atoms with Crippen molar-refractivity contribution >= 4 is 11.6 Å². The minimum absolute atomic E-state index is 0.0197. The monoisotopic (exact) mass is 335 g/mol. The van der Waals surface area contributed by atoms with Gasteiger partial charge in [0.05, 0.1) is 5.60 Å². The summed E-state index contributed by atoms with van der Waals surface area (Å²) in [6.07, 6.45) is 6.16. The normalized spacial score (nSPS) is 26.7. The van der Waals surface area contributed by atoms with Crippen molar-refractivity contribution in [1.29, 1.82) is 0 Å². The fourth-order valence-corrected chi connectivity index (χ4v) is 4.20. The maximum Gasteiger partial charge on any atom is 0.0641 e. The third-order valence-electron chi connectivity index (χ3n) is 5.76. The molecule has 0 amide bonds. The van der Waals surface area contributed by atoms with E-state index >= 15 is 0 Å². The Balaban J connectivity index is 1.59. The Hall–Kier alpha value is -0.570. The van der Waals surface area contributed by atoms with Crippen LogP contribution in [-0.2, 0) is 10.2 Å². The first-order valence-electron chi connectivity index (χ1n) is 9.02. The highest BCUT2D eigenvalue weighted by molar-refractivity contribution is 6.30. The van der Waals surface area contributed by atoms with Crippen LogP contribution in [-0.4, -0.2) is 24.8 Å². The number of halogens is 1. The summed E-state index contributed by atoms with van der Waals surface area (Å²) >= 11 is 6.07. The predicted octanol–water partition coefficient (Wildman–Crippen LogP) is 4.95. The average molecular weight is 336 g/mol. The molecule has 1 aromatic rings. The van der Waals surface area contributed by atoms with Gasteiger partial charge in [0.25, 0.3) is 0 Å². The van der Waals surface area contributed by atoms with Gasteiger partial charge in [0, 0.05) is 17.7 Å². The molecule has 1 aromatic carbocycles. The molecule has 128 valence electrons. The van der Waals surface area contributed by atoms with Crippen LogP contribution in [0.5, 0.6) is 0 Å². The molecule has 1 N–H and O–H groups in total. The highest BCUT2D eigenvalue weighted by Crippen LogP contribution is 2.49. The second-order valence-electron chi connectivity index (χ2n) is 8.20. The number of hydrogen-bond acceptors (Lipinski definition) is 2. The van der Waals surface area contributed by atoms with Crippen molar-refractivity contribution in [3.63, 3.8) is 0 Å². The molecule has 2 aliphatic rings. The molecule has 23 heavy (non-hydrogen) atoms. The maximum absolute atomic E-state index is 6.07. The molecule has 0 spiro atoms. The van der Waals surface area contributed by atoms with E-state index in [2.05, 4.69) is 38.2 Å². The number of benzene rings is 1. The lowest BCUT2D eigenvalue weighted by atomic mass is 9.75. The van der Waals surface area contributed by atoms with Gasteiger partial charge in [-0.3, -0.25) is 0 Å². The van der Waals surface area contributed by atoms with Crippen molar-refractivity contribution in [1.82, 2.24) is 5.32 Å². The molecule has 0 aromatic heterocycles. The van der Waals surface area contributed by atoms with Gasteiger partial charge in [-0.1, -0.05) is 30.7 Å². The molecule has 0 unspecified atom stereocenters. The molecule has 2 nitrogen and oxygen atoms in total. The van der Waals surface area contributed by atoms with E-state index in [1.54, 1.807) is 0 Å². The summed E-state index contributed by atoms with van der Waals surface area (Å²) < 4.78 is 5.82. The molecule has 3 heteroatoms. The molecule has 3 rings (SSSR count). The van der Waals surface area contributed by atoms with E-state index in [1.165, 1.54) is 24.8 Å². The fraction of sp³-hybridized carbons (Fsp3) is 0.700. The lowest BCUT2D eigenvalue weighted by Gasteiger charge is -2.37. The summed E-state index contributed by atoms with van der Waals surface area (Å²) in [4.78, 5) is 0. The second-order valence-corrected chi connectivity index (χ2v) is 8.64. The van der Waals surface area contributed by atoms with Crippen molar-refractivity contribution < 1.29 is 4.74 Å². The van der Waals surface area contributed by atoms with Gasteiger partial charge in [0.2, 0.25) is 0 Å². The SMILES string of the molecule is CC1(C)C[C@H](NCC[C@](C)(c2ccc(Cl)cc2)C2CC2)CCO1. The molecule has 1 saturated carbocycles. The Labute approximate surface area is 145 Å². The zero-order valence-electron chi connectivity index (χ0n) is 14.7. The molecule has 1 heterocycles. The molecule has 1 aliphatic carbocycles. The molecule has 1 saturated heterocycles. The number of nitrogens with one attached hydrogen (secondary N) is 1. The van der Waals surface area contributed by atoms with E-state index in [0.29, 0.717) is 6.04 Å². The van der Waals surface area contributed by atoms with Gasteiger partial charge in [0.1, 0.15) is 0 Å². The molecule has 2 fully saturated rings. The zero-order valence-corrected chi connectivity index (χ0v) is 15.5. The summed E-state index contributed by atoms with van der Waals surface area (Å²) in [6.45, 7) is 8.79. The van der Waals surface area contributed by atoms with Gasteiger partial charge in [-0.15, -0.1) is 0 Å². The van der Waals surface area contributed by atoms with Crippen LogP contribution in [0.25, 0.3) is 0 Å². The number of rotatable bonds is 6. The minimum atomic E-state index is 0.0197. The summed E-state index contributed by atoms with van der Waals surface area (Å²) in [6, 6.07) is 9.10. The van der Waals surface area contributed by atoms with Crippen LogP contribution in [0, 0.1) is 5.92 Å². The molecular weight excluding hydrogens is 306 g/mol. The Morgan fingerprint density at radius 3 is 2.52 bits per heavy atom. The van der Waals surface area contributed by atoms with Gasteiger partial charge in [0.15, 0.2) is 0 Å². The van der Waals surface area contributed by atoms with Crippen molar-refractivity contribution in [3.8, 4) is 0 Å². The van der Waals surface area contributed by atoms with E-state index in [9.17, 15) is 0 Å². The van der Waals surface area contributed by atoms with Gasteiger partial charge in [-0.2, -0.15) is 0 Å². The lowest BCUT2D eigenvalue weighted by molar-refractivity contribution is -0.0629. The summed E-state index contributed by atoms with van der Waals surface area (Å²) in [5.74, 6) is 0.830. The Morgan fingerprint density at radius 1 is 1.22 bits per heavy atom. The summed E-state index contributed by atoms with van der Waals surface area (Å²) in [7, 11) is 0. The lowest BCUT2D eigenvalue weighted by Crippen LogP contribution is -2.45. The van der Waals surface area contributed by atoms with Gasteiger partial charge in [-0.05, 0) is 81.5 Å². The Kier molecular flexibility index (Phi) is 5.06. The van der Waals surface area contributed by atoms with Crippen LogP contribution in [0.4, 0.5) is 0 Å². The first-order chi connectivity index (χ1) is 10.9. The maximum atomic E-state index is 6.07. The van der Waals surface area contributed by atoms with Crippen molar-refractivity contribution in [3.05, 3.63) is 34.9 Å². The van der Waals surface area contributed by atoms with Crippen molar-refractivity contribution in [2.24, 2.45) is 5.92 Å². The molecule has 2 atom stereocenters. The average Bonchev–Trinajstić information content (AvgIpc) is 3.31. The van der Waals surface area contributed by atoms with Crippen molar-refractivity contribution in [2.75, 3.05) is 13.2 Å². The third kappa shape index (κ3) is 4.29. The smallest absolute Gasteiger partial charge is 0.0641 e. The van der Waals surface area contributed by atoms with E-state index < -0.39 is 0 Å². The Bertz CT molecular complexity index is 523. The minimum Gasteiger partial charge on any atom is -0.375 e. The van der Waals surface area contributed by atoms with Crippen LogP contribution >= 0.6 is 11.6 Å². The topological polar surface area (TPSA) is 21.3 Å². The highest BCUT2D eigenvalue weighted by atomic mass is 35.5. The van der Waals surface area contributed by atoms with E-state index in [-0.39, 0.29) is 11.0 Å². The summed E-state index contributed by atoms with van der Waals surface area (Å²) in [5.41, 5.74) is 1.74. The van der Waals surface area contributed by atoms with Crippen LogP contribution in [0.15, 0.2) is 24.3 Å². The van der Waals surface area contributed by atoms with Crippen LogP contribution in [0.1, 0.15) is 58.4 Å². The highest BCUT2D eigenvalue weighted by Gasteiger charge is 2.42. The molecule has 0 radical (unpaired) electrons. The van der Waals surface area contributed by atoms with Gasteiger partial charge >= 0.3 is 0 Å². The Morgan fingerprint density at radius 2 is 1.91 bits per heavy atom. The second kappa shape index (κ2) is 6.74. The van der Waals surface area contributed by atoms with E-state index in [0.717, 1.165) is 36.9 Å². The van der Waals surface area contributed by atoms with E-state index in [4.69, 9.17) is 16.3 Å². The molecular formula is C20H30ClNO. The van der Waals surface area contributed by atoms with E-state index in [1.807, 2.05) is 12.1 Å². The zero-order chi connectivity index (χ0) is 16.5. The molecule has 1 aliphatic heterocycles. The number of ether oxygens (including phenoxy) is 1. The first kappa shape index (κ1) is 17.3. The van der Waals surface area contributed by atoms with Gasteiger partial charge < -0.3 is 10.1 Å². The largest absolute Gasteiger partial charge is 0.375 e. The van der Waals surface area contributed by atoms with Crippen LogP contribution in [0.2, 0.25) is 5.02 Å².